The zero-order valence-electron chi connectivity index (χ0n) is 13.9. The maximum atomic E-state index is 11.8. The summed E-state index contributed by atoms with van der Waals surface area (Å²) in [6, 6.07) is 23.0. The summed E-state index contributed by atoms with van der Waals surface area (Å²) in [5.74, 6) is 0.461. The van der Waals surface area contributed by atoms with Crippen molar-refractivity contribution in [2.75, 3.05) is 13.2 Å². The average molecular weight is 335 g/mol. The smallest absolute Gasteiger partial charge is 0.257 e. The first kappa shape index (κ1) is 17.0. The number of ether oxygens (including phenoxy) is 1. The van der Waals surface area contributed by atoms with Gasteiger partial charge < -0.3 is 15.2 Å². The van der Waals surface area contributed by atoms with E-state index in [4.69, 9.17) is 4.74 Å². The molecule has 0 saturated heterocycles. The Balaban J connectivity index is 1.49. The van der Waals surface area contributed by atoms with Crippen LogP contribution in [0.15, 0.2) is 72.8 Å². The third-order valence-electron chi connectivity index (χ3n) is 4.04. The highest BCUT2D eigenvalue weighted by atomic mass is 16.5. The summed E-state index contributed by atoms with van der Waals surface area (Å²) >= 11 is 0. The van der Waals surface area contributed by atoms with E-state index >= 15 is 0 Å². The van der Waals surface area contributed by atoms with Gasteiger partial charge in [-0.25, -0.2) is 0 Å². The van der Waals surface area contributed by atoms with Gasteiger partial charge in [-0.1, -0.05) is 60.7 Å². The molecule has 0 bridgehead atoms. The lowest BCUT2D eigenvalue weighted by Gasteiger charge is -2.14. The normalized spacial score (nSPS) is 11.9. The van der Waals surface area contributed by atoms with Gasteiger partial charge in [0.05, 0.1) is 6.10 Å². The van der Waals surface area contributed by atoms with Gasteiger partial charge in [-0.05, 0) is 34.9 Å². The maximum Gasteiger partial charge on any atom is 0.257 e. The van der Waals surface area contributed by atoms with Gasteiger partial charge in [-0.3, -0.25) is 4.79 Å². The molecule has 3 rings (SSSR count). The van der Waals surface area contributed by atoms with E-state index in [0.717, 1.165) is 16.3 Å². The number of rotatable bonds is 7. The summed E-state index contributed by atoms with van der Waals surface area (Å²) in [6.45, 7) is 0.357. The molecule has 1 unspecified atom stereocenters. The Morgan fingerprint density at radius 3 is 2.52 bits per heavy atom. The Labute approximate surface area is 147 Å². The molecule has 0 aliphatic carbocycles. The van der Waals surface area contributed by atoms with Crippen LogP contribution in [0, 0.1) is 0 Å². The SMILES string of the molecule is O=C(COc1ccccc1)NCCC(O)c1cccc2ccccc12. The molecular weight excluding hydrogens is 314 g/mol. The Hall–Kier alpha value is -2.85. The van der Waals surface area contributed by atoms with E-state index < -0.39 is 6.10 Å². The minimum atomic E-state index is -0.624. The van der Waals surface area contributed by atoms with E-state index in [-0.39, 0.29) is 12.5 Å². The molecule has 0 aliphatic heterocycles. The standard InChI is InChI=1S/C21H21NO3/c23-20(19-12-6-8-16-7-4-5-11-18(16)19)13-14-22-21(24)15-25-17-9-2-1-3-10-17/h1-12,20,23H,13-15H2,(H,22,24). The number of hydrogen-bond donors (Lipinski definition) is 2. The number of aliphatic hydroxyl groups excluding tert-OH is 1. The second-order valence-electron chi connectivity index (χ2n) is 5.82. The average Bonchev–Trinajstić information content (AvgIpc) is 2.66. The largest absolute Gasteiger partial charge is 0.484 e. The number of benzene rings is 3. The molecule has 0 spiro atoms. The van der Waals surface area contributed by atoms with Crippen LogP contribution >= 0.6 is 0 Å². The molecule has 2 N–H and O–H groups in total. The third kappa shape index (κ3) is 4.58. The van der Waals surface area contributed by atoms with E-state index in [2.05, 4.69) is 5.32 Å². The molecule has 3 aromatic rings. The maximum absolute atomic E-state index is 11.8. The number of fused-ring (bicyclic) bond motifs is 1. The number of carbonyl (C=O) groups excluding carboxylic acids is 1. The van der Waals surface area contributed by atoms with Gasteiger partial charge in [0.1, 0.15) is 5.75 Å². The lowest BCUT2D eigenvalue weighted by molar-refractivity contribution is -0.123. The van der Waals surface area contributed by atoms with E-state index in [9.17, 15) is 9.90 Å². The Morgan fingerprint density at radius 1 is 0.960 bits per heavy atom. The zero-order chi connectivity index (χ0) is 17.5. The molecule has 4 nitrogen and oxygen atoms in total. The van der Waals surface area contributed by atoms with E-state index in [1.807, 2.05) is 60.7 Å². The minimum absolute atomic E-state index is 0.0334. The molecular formula is C21H21NO3. The summed E-state index contributed by atoms with van der Waals surface area (Å²) in [6.07, 6.45) is -0.174. The molecule has 25 heavy (non-hydrogen) atoms. The van der Waals surface area contributed by atoms with Crippen LogP contribution in [0.4, 0.5) is 0 Å². The predicted molar refractivity (Wildman–Crippen MR) is 98.5 cm³/mol. The van der Waals surface area contributed by atoms with E-state index in [0.29, 0.717) is 18.7 Å². The highest BCUT2D eigenvalue weighted by Gasteiger charge is 2.11. The van der Waals surface area contributed by atoms with Crippen molar-refractivity contribution in [2.45, 2.75) is 12.5 Å². The van der Waals surface area contributed by atoms with Crippen molar-refractivity contribution in [2.24, 2.45) is 0 Å². The molecule has 4 heteroatoms. The molecule has 0 saturated carbocycles. The Bertz CT molecular complexity index is 827. The van der Waals surface area contributed by atoms with Crippen molar-refractivity contribution in [1.82, 2.24) is 5.32 Å². The number of nitrogens with one attached hydrogen (secondary N) is 1. The van der Waals surface area contributed by atoms with Gasteiger partial charge in [0.15, 0.2) is 6.61 Å². The lowest BCUT2D eigenvalue weighted by Crippen LogP contribution is -2.30. The fourth-order valence-electron chi connectivity index (χ4n) is 2.76. The highest BCUT2D eigenvalue weighted by Crippen LogP contribution is 2.25. The molecule has 1 atom stereocenters. The summed E-state index contributed by atoms with van der Waals surface area (Å²) in [7, 11) is 0. The second kappa shape index (κ2) is 8.31. The topological polar surface area (TPSA) is 58.6 Å². The van der Waals surface area contributed by atoms with E-state index in [1.54, 1.807) is 12.1 Å². The molecule has 0 aliphatic rings. The summed E-state index contributed by atoms with van der Waals surface area (Å²) in [5, 5.41) is 15.4. The number of aliphatic hydroxyl groups is 1. The van der Waals surface area contributed by atoms with Crippen LogP contribution in [0.2, 0.25) is 0 Å². The lowest BCUT2D eigenvalue weighted by atomic mass is 9.99. The van der Waals surface area contributed by atoms with Gasteiger partial charge in [-0.15, -0.1) is 0 Å². The third-order valence-corrected chi connectivity index (χ3v) is 4.04. The first-order valence-electron chi connectivity index (χ1n) is 8.34. The quantitative estimate of drug-likeness (QED) is 0.695. The van der Waals surface area contributed by atoms with Crippen molar-refractivity contribution in [3.05, 3.63) is 78.4 Å². The second-order valence-corrected chi connectivity index (χ2v) is 5.82. The van der Waals surface area contributed by atoms with E-state index in [1.165, 1.54) is 0 Å². The highest BCUT2D eigenvalue weighted by molar-refractivity contribution is 5.86. The first-order chi connectivity index (χ1) is 12.2. The van der Waals surface area contributed by atoms with Crippen molar-refractivity contribution in [3.8, 4) is 5.75 Å². The van der Waals surface area contributed by atoms with Crippen molar-refractivity contribution in [3.63, 3.8) is 0 Å². The van der Waals surface area contributed by atoms with Crippen LogP contribution in [-0.2, 0) is 4.79 Å². The summed E-state index contributed by atoms with van der Waals surface area (Å²) in [5.41, 5.74) is 0.882. The van der Waals surface area contributed by atoms with Gasteiger partial charge in [0.25, 0.3) is 5.91 Å². The monoisotopic (exact) mass is 335 g/mol. The van der Waals surface area contributed by atoms with Gasteiger partial charge in [0, 0.05) is 6.54 Å². The zero-order valence-corrected chi connectivity index (χ0v) is 13.9. The summed E-state index contributed by atoms with van der Waals surface area (Å²) in [4.78, 5) is 11.8. The fourth-order valence-corrected chi connectivity index (χ4v) is 2.76. The molecule has 0 radical (unpaired) electrons. The van der Waals surface area contributed by atoms with Gasteiger partial charge in [-0.2, -0.15) is 0 Å². The number of amides is 1. The molecule has 0 aromatic heterocycles. The van der Waals surface area contributed by atoms with Crippen LogP contribution in [-0.4, -0.2) is 24.2 Å². The number of para-hydroxylation sites is 1. The Kier molecular flexibility index (Phi) is 5.65. The summed E-state index contributed by atoms with van der Waals surface area (Å²) < 4.78 is 5.39. The molecule has 3 aromatic carbocycles. The minimum Gasteiger partial charge on any atom is -0.484 e. The van der Waals surface area contributed by atoms with Crippen molar-refractivity contribution < 1.29 is 14.6 Å². The molecule has 0 fully saturated rings. The number of hydrogen-bond acceptors (Lipinski definition) is 3. The van der Waals surface area contributed by atoms with Crippen molar-refractivity contribution >= 4 is 16.7 Å². The van der Waals surface area contributed by atoms with Gasteiger partial charge >= 0.3 is 0 Å². The molecule has 1 amide bonds. The van der Waals surface area contributed by atoms with Crippen LogP contribution in [0.5, 0.6) is 5.75 Å². The fraction of sp³-hybridized carbons (Fsp3) is 0.190. The first-order valence-corrected chi connectivity index (χ1v) is 8.34. The molecule has 128 valence electrons. The van der Waals surface area contributed by atoms with Gasteiger partial charge in [0.2, 0.25) is 0 Å². The van der Waals surface area contributed by atoms with Crippen LogP contribution < -0.4 is 10.1 Å². The van der Waals surface area contributed by atoms with Crippen LogP contribution in [0.25, 0.3) is 10.8 Å². The Morgan fingerprint density at radius 2 is 1.68 bits per heavy atom. The van der Waals surface area contributed by atoms with Crippen LogP contribution in [0.1, 0.15) is 18.1 Å². The molecule has 0 heterocycles. The van der Waals surface area contributed by atoms with Crippen molar-refractivity contribution in [1.29, 1.82) is 0 Å². The predicted octanol–water partition coefficient (Wildman–Crippen LogP) is 3.46. The number of carbonyl (C=O) groups is 1. The van der Waals surface area contributed by atoms with Crippen LogP contribution in [0.3, 0.4) is 0 Å².